The molecular weight excluding hydrogens is 275 g/mol. The first kappa shape index (κ1) is 13.0. The number of nitrogens with one attached hydrogen (secondary N) is 1. The predicted molar refractivity (Wildman–Crippen MR) is 58.1 cm³/mol. The summed E-state index contributed by atoms with van der Waals surface area (Å²) < 4.78 is 63.1. The third kappa shape index (κ3) is 2.38. The maximum Gasteiger partial charge on any atom is 0.416 e. The molecule has 0 saturated heterocycles. The van der Waals surface area contributed by atoms with E-state index < -0.39 is 24.7 Å². The van der Waals surface area contributed by atoms with E-state index in [-0.39, 0.29) is 15.8 Å². The SMILES string of the molecule is FC(F)Cn1c(=S)[nH]c2cc(C(F)(F)F)ccc21. The van der Waals surface area contributed by atoms with Crippen molar-refractivity contribution in [2.24, 2.45) is 0 Å². The minimum absolute atomic E-state index is 0.0235. The largest absolute Gasteiger partial charge is 0.416 e. The molecule has 0 aliphatic heterocycles. The lowest BCUT2D eigenvalue weighted by Crippen LogP contribution is -2.07. The van der Waals surface area contributed by atoms with Gasteiger partial charge < -0.3 is 9.55 Å². The van der Waals surface area contributed by atoms with Crippen molar-refractivity contribution in [3.63, 3.8) is 0 Å². The first-order chi connectivity index (χ1) is 8.29. The Labute approximate surface area is 103 Å². The summed E-state index contributed by atoms with van der Waals surface area (Å²) in [5, 5.41) is 0. The molecule has 2 aromatic rings. The van der Waals surface area contributed by atoms with Gasteiger partial charge in [0.05, 0.1) is 23.1 Å². The van der Waals surface area contributed by atoms with Crippen LogP contribution in [0.1, 0.15) is 5.56 Å². The number of rotatable bonds is 2. The molecule has 98 valence electrons. The van der Waals surface area contributed by atoms with Gasteiger partial charge in [0.1, 0.15) is 0 Å². The summed E-state index contributed by atoms with van der Waals surface area (Å²) in [4.78, 5) is 2.49. The molecule has 0 fully saturated rings. The van der Waals surface area contributed by atoms with Crippen LogP contribution >= 0.6 is 12.2 Å². The lowest BCUT2D eigenvalue weighted by molar-refractivity contribution is -0.137. The number of hydrogen-bond donors (Lipinski definition) is 1. The first-order valence-electron chi connectivity index (χ1n) is 4.87. The maximum absolute atomic E-state index is 12.5. The highest BCUT2D eigenvalue weighted by atomic mass is 32.1. The van der Waals surface area contributed by atoms with E-state index in [4.69, 9.17) is 12.2 Å². The molecule has 0 spiro atoms. The molecule has 0 aliphatic carbocycles. The van der Waals surface area contributed by atoms with Crippen LogP contribution in [0, 0.1) is 4.77 Å². The molecule has 1 aromatic carbocycles. The maximum atomic E-state index is 12.5. The first-order valence-corrected chi connectivity index (χ1v) is 5.28. The number of hydrogen-bond acceptors (Lipinski definition) is 1. The molecule has 0 bridgehead atoms. The normalized spacial score (nSPS) is 12.6. The average Bonchev–Trinajstić information content (AvgIpc) is 2.53. The topological polar surface area (TPSA) is 20.7 Å². The van der Waals surface area contributed by atoms with E-state index in [1.54, 1.807) is 0 Å². The monoisotopic (exact) mass is 282 g/mol. The zero-order valence-electron chi connectivity index (χ0n) is 8.76. The van der Waals surface area contributed by atoms with Crippen molar-refractivity contribution in [1.29, 1.82) is 0 Å². The van der Waals surface area contributed by atoms with Crippen molar-refractivity contribution in [1.82, 2.24) is 9.55 Å². The molecular formula is C10H7F5N2S. The number of fused-ring (bicyclic) bond motifs is 1. The van der Waals surface area contributed by atoms with Gasteiger partial charge in [-0.3, -0.25) is 0 Å². The van der Waals surface area contributed by atoms with Gasteiger partial charge >= 0.3 is 6.18 Å². The Morgan fingerprint density at radius 1 is 1.28 bits per heavy atom. The van der Waals surface area contributed by atoms with Crippen molar-refractivity contribution >= 4 is 23.3 Å². The molecule has 2 rings (SSSR count). The third-order valence-electron chi connectivity index (χ3n) is 2.42. The Hall–Kier alpha value is -1.44. The van der Waals surface area contributed by atoms with Gasteiger partial charge in [0, 0.05) is 0 Å². The van der Waals surface area contributed by atoms with Crippen LogP contribution in [0.3, 0.4) is 0 Å². The highest BCUT2D eigenvalue weighted by Crippen LogP contribution is 2.31. The van der Waals surface area contributed by atoms with Crippen molar-refractivity contribution in [3.8, 4) is 0 Å². The van der Waals surface area contributed by atoms with Crippen LogP contribution in [-0.2, 0) is 12.7 Å². The molecule has 8 heteroatoms. The lowest BCUT2D eigenvalue weighted by atomic mass is 10.2. The Morgan fingerprint density at radius 3 is 2.50 bits per heavy atom. The molecule has 1 heterocycles. The lowest BCUT2D eigenvalue weighted by Gasteiger charge is -2.07. The number of nitrogens with zero attached hydrogens (tertiary/aromatic N) is 1. The smallest absolute Gasteiger partial charge is 0.331 e. The van der Waals surface area contributed by atoms with Gasteiger partial charge in [0.15, 0.2) is 4.77 Å². The van der Waals surface area contributed by atoms with E-state index in [9.17, 15) is 22.0 Å². The average molecular weight is 282 g/mol. The molecule has 0 amide bonds. The fourth-order valence-electron chi connectivity index (χ4n) is 1.66. The minimum Gasteiger partial charge on any atom is -0.331 e. The highest BCUT2D eigenvalue weighted by Gasteiger charge is 2.30. The van der Waals surface area contributed by atoms with Gasteiger partial charge in [0.25, 0.3) is 6.43 Å². The molecule has 0 aliphatic rings. The summed E-state index contributed by atoms with van der Waals surface area (Å²) in [5.41, 5.74) is -0.528. The third-order valence-corrected chi connectivity index (χ3v) is 2.74. The Kier molecular flexibility index (Phi) is 3.14. The van der Waals surface area contributed by atoms with Crippen molar-refractivity contribution < 1.29 is 22.0 Å². The van der Waals surface area contributed by atoms with Crippen LogP contribution in [0.4, 0.5) is 22.0 Å². The van der Waals surface area contributed by atoms with Gasteiger partial charge in [-0.05, 0) is 30.4 Å². The molecule has 0 radical (unpaired) electrons. The molecule has 1 aromatic heterocycles. The van der Waals surface area contributed by atoms with Crippen LogP contribution in [0.25, 0.3) is 11.0 Å². The zero-order chi connectivity index (χ0) is 13.5. The van der Waals surface area contributed by atoms with Gasteiger partial charge in [-0.2, -0.15) is 13.2 Å². The number of aromatic amines is 1. The van der Waals surface area contributed by atoms with Crippen molar-refractivity contribution in [2.45, 2.75) is 19.1 Å². The Balaban J connectivity index is 2.58. The van der Waals surface area contributed by atoms with E-state index in [0.29, 0.717) is 0 Å². The van der Waals surface area contributed by atoms with E-state index in [1.807, 2.05) is 0 Å². The number of imidazole rings is 1. The minimum atomic E-state index is -4.48. The van der Waals surface area contributed by atoms with E-state index in [1.165, 1.54) is 0 Å². The number of aromatic nitrogens is 2. The fraction of sp³-hybridized carbons (Fsp3) is 0.300. The molecule has 0 saturated carbocycles. The second kappa shape index (κ2) is 4.34. The van der Waals surface area contributed by atoms with Crippen LogP contribution in [-0.4, -0.2) is 16.0 Å². The standard InChI is InChI=1S/C10H7F5N2S/c11-8(12)4-17-7-2-1-5(10(13,14)15)3-6(7)16-9(17)18/h1-3,8H,4H2,(H,16,18). The van der Waals surface area contributed by atoms with Crippen LogP contribution in [0.15, 0.2) is 18.2 Å². The van der Waals surface area contributed by atoms with E-state index in [0.717, 1.165) is 22.8 Å². The summed E-state index contributed by atoms with van der Waals surface area (Å²) in [7, 11) is 0. The number of halogens is 5. The van der Waals surface area contributed by atoms with Gasteiger partial charge in [-0.25, -0.2) is 8.78 Å². The number of benzene rings is 1. The fourth-order valence-corrected chi connectivity index (χ4v) is 1.94. The summed E-state index contributed by atoms with van der Waals surface area (Å²) >= 11 is 4.80. The molecule has 1 N–H and O–H groups in total. The quantitative estimate of drug-likeness (QED) is 0.652. The zero-order valence-corrected chi connectivity index (χ0v) is 9.58. The van der Waals surface area contributed by atoms with Crippen LogP contribution < -0.4 is 0 Å². The van der Waals surface area contributed by atoms with Crippen molar-refractivity contribution in [2.75, 3.05) is 0 Å². The second-order valence-electron chi connectivity index (χ2n) is 3.66. The van der Waals surface area contributed by atoms with Crippen LogP contribution in [0.5, 0.6) is 0 Å². The van der Waals surface area contributed by atoms with Gasteiger partial charge in [0.2, 0.25) is 0 Å². The molecule has 2 nitrogen and oxygen atoms in total. The Morgan fingerprint density at radius 2 is 1.94 bits per heavy atom. The molecule has 18 heavy (non-hydrogen) atoms. The van der Waals surface area contributed by atoms with Gasteiger partial charge in [-0.1, -0.05) is 0 Å². The van der Waals surface area contributed by atoms with E-state index >= 15 is 0 Å². The number of H-pyrrole nitrogens is 1. The number of alkyl halides is 5. The highest BCUT2D eigenvalue weighted by molar-refractivity contribution is 7.71. The van der Waals surface area contributed by atoms with Gasteiger partial charge in [-0.15, -0.1) is 0 Å². The summed E-state index contributed by atoms with van der Waals surface area (Å²) in [6.45, 7) is -0.649. The summed E-state index contributed by atoms with van der Waals surface area (Å²) in [5.74, 6) is 0. The second-order valence-corrected chi connectivity index (χ2v) is 4.05. The predicted octanol–water partition coefficient (Wildman–Crippen LogP) is 3.98. The Bertz CT molecular complexity index is 625. The van der Waals surface area contributed by atoms with Crippen molar-refractivity contribution in [3.05, 3.63) is 28.5 Å². The summed E-state index contributed by atoms with van der Waals surface area (Å²) in [6.07, 6.45) is -7.10. The molecule has 0 atom stereocenters. The van der Waals surface area contributed by atoms with Crippen LogP contribution in [0.2, 0.25) is 0 Å². The summed E-state index contributed by atoms with van der Waals surface area (Å²) in [6, 6.07) is 2.83. The molecule has 0 unspecified atom stereocenters. The van der Waals surface area contributed by atoms with E-state index in [2.05, 4.69) is 4.98 Å².